The van der Waals surface area contributed by atoms with Crippen LogP contribution in [-0.2, 0) is 17.8 Å². The Morgan fingerprint density at radius 1 is 1.09 bits per heavy atom. The molecule has 5 nitrogen and oxygen atoms in total. The number of fused-ring (bicyclic) bond motifs is 2. The first-order valence-electron chi connectivity index (χ1n) is 11.0. The largest absolute Gasteiger partial charge is 0.489 e. The number of nitrogens with one attached hydrogen (secondary N) is 1. The third-order valence-electron chi connectivity index (χ3n) is 5.56. The normalized spacial score (nSPS) is 15.5. The Kier molecular flexibility index (Phi) is 6.05. The standard InChI is InChI=1S/C27H28N2O3/c1-27(2,3)32-26(30)29-25-6-4-5-20-11-12-23(15-24(20)25)31-17-19-8-10-21-13-18(16-28)7-9-22(21)14-19/h7-15,25H,4-6,17H2,1-3H3,(H,29,30). The number of carbonyl (C=O) groups is 1. The van der Waals surface area contributed by atoms with E-state index in [0.29, 0.717) is 12.2 Å². The van der Waals surface area contributed by atoms with Gasteiger partial charge in [-0.1, -0.05) is 24.3 Å². The summed E-state index contributed by atoms with van der Waals surface area (Å²) in [4.78, 5) is 12.3. The van der Waals surface area contributed by atoms with E-state index in [1.807, 2.05) is 63.2 Å². The number of hydrogen-bond donors (Lipinski definition) is 1. The van der Waals surface area contributed by atoms with Gasteiger partial charge in [-0.2, -0.15) is 5.26 Å². The maximum Gasteiger partial charge on any atom is 0.408 e. The van der Waals surface area contributed by atoms with Crippen LogP contribution in [0.2, 0.25) is 0 Å². The van der Waals surface area contributed by atoms with Crippen molar-refractivity contribution in [1.29, 1.82) is 5.26 Å². The Balaban J connectivity index is 1.47. The highest BCUT2D eigenvalue weighted by molar-refractivity contribution is 5.84. The number of rotatable bonds is 4. The quantitative estimate of drug-likeness (QED) is 0.538. The number of carbonyl (C=O) groups excluding carboxylic acids is 1. The van der Waals surface area contributed by atoms with Crippen molar-refractivity contribution in [3.05, 3.63) is 76.9 Å². The minimum absolute atomic E-state index is 0.0767. The molecule has 0 aliphatic heterocycles. The molecule has 1 unspecified atom stereocenters. The molecule has 4 rings (SSSR count). The number of alkyl carbamates (subject to hydrolysis) is 1. The van der Waals surface area contributed by atoms with Crippen LogP contribution in [-0.4, -0.2) is 11.7 Å². The van der Waals surface area contributed by atoms with Gasteiger partial charge in [-0.05, 0) is 97.8 Å². The van der Waals surface area contributed by atoms with Crippen LogP contribution in [0.15, 0.2) is 54.6 Å². The van der Waals surface area contributed by atoms with Gasteiger partial charge in [0.05, 0.1) is 17.7 Å². The summed E-state index contributed by atoms with van der Waals surface area (Å²) in [6.07, 6.45) is 2.51. The lowest BCUT2D eigenvalue weighted by Gasteiger charge is -2.28. The smallest absolute Gasteiger partial charge is 0.408 e. The Morgan fingerprint density at radius 3 is 2.66 bits per heavy atom. The van der Waals surface area contributed by atoms with Crippen molar-refractivity contribution in [2.24, 2.45) is 0 Å². The third-order valence-corrected chi connectivity index (χ3v) is 5.56. The van der Waals surface area contributed by atoms with Crippen LogP contribution in [0.25, 0.3) is 10.8 Å². The Labute approximate surface area is 189 Å². The van der Waals surface area contributed by atoms with E-state index in [1.54, 1.807) is 0 Å². The zero-order valence-corrected chi connectivity index (χ0v) is 18.8. The monoisotopic (exact) mass is 428 g/mol. The van der Waals surface area contributed by atoms with Crippen LogP contribution in [0.1, 0.15) is 61.9 Å². The first-order valence-corrected chi connectivity index (χ1v) is 11.0. The molecular weight excluding hydrogens is 400 g/mol. The van der Waals surface area contributed by atoms with E-state index in [-0.39, 0.29) is 6.04 Å². The van der Waals surface area contributed by atoms with E-state index in [9.17, 15) is 4.79 Å². The maximum absolute atomic E-state index is 12.3. The summed E-state index contributed by atoms with van der Waals surface area (Å²) in [6.45, 7) is 6.03. The Bertz CT molecular complexity index is 1190. The first-order chi connectivity index (χ1) is 15.3. The second-order valence-electron chi connectivity index (χ2n) is 9.25. The molecule has 0 spiro atoms. The van der Waals surface area contributed by atoms with Crippen molar-refractivity contribution in [3.63, 3.8) is 0 Å². The fraction of sp³-hybridized carbons (Fsp3) is 0.333. The predicted octanol–water partition coefficient (Wildman–Crippen LogP) is 6.19. The van der Waals surface area contributed by atoms with Crippen LogP contribution < -0.4 is 10.1 Å². The lowest BCUT2D eigenvalue weighted by molar-refractivity contribution is 0.0498. The summed E-state index contributed by atoms with van der Waals surface area (Å²) in [6, 6.07) is 20.0. The van der Waals surface area contributed by atoms with Crippen LogP contribution >= 0.6 is 0 Å². The first kappa shape index (κ1) is 21.7. The number of aryl methyl sites for hydroxylation is 1. The van der Waals surface area contributed by atoms with E-state index in [1.165, 1.54) is 5.56 Å². The van der Waals surface area contributed by atoms with Crippen molar-refractivity contribution in [2.45, 2.75) is 58.3 Å². The molecule has 0 aromatic heterocycles. The van der Waals surface area contributed by atoms with Gasteiger partial charge < -0.3 is 14.8 Å². The van der Waals surface area contributed by atoms with Crippen LogP contribution in [0.3, 0.4) is 0 Å². The fourth-order valence-electron chi connectivity index (χ4n) is 4.09. The van der Waals surface area contributed by atoms with E-state index in [4.69, 9.17) is 14.7 Å². The highest BCUT2D eigenvalue weighted by Gasteiger charge is 2.25. The van der Waals surface area contributed by atoms with Crippen LogP contribution in [0.5, 0.6) is 5.75 Å². The average Bonchev–Trinajstić information content (AvgIpc) is 2.76. The number of amides is 1. The molecule has 5 heteroatoms. The molecule has 0 radical (unpaired) electrons. The van der Waals surface area contributed by atoms with E-state index in [2.05, 4.69) is 23.5 Å². The minimum atomic E-state index is -0.525. The van der Waals surface area contributed by atoms with Crippen LogP contribution in [0, 0.1) is 11.3 Å². The fourth-order valence-corrected chi connectivity index (χ4v) is 4.09. The van der Waals surface area contributed by atoms with Crippen molar-refractivity contribution in [1.82, 2.24) is 5.32 Å². The van der Waals surface area contributed by atoms with Crippen molar-refractivity contribution >= 4 is 16.9 Å². The summed E-state index contributed by atoms with van der Waals surface area (Å²) < 4.78 is 11.5. The lowest BCUT2D eigenvalue weighted by atomic mass is 9.87. The molecule has 32 heavy (non-hydrogen) atoms. The molecule has 1 atom stereocenters. The number of benzene rings is 3. The van der Waals surface area contributed by atoms with Gasteiger partial charge in [-0.3, -0.25) is 0 Å². The van der Waals surface area contributed by atoms with Gasteiger partial charge in [-0.25, -0.2) is 4.79 Å². The number of ether oxygens (including phenoxy) is 2. The third kappa shape index (κ3) is 5.20. The maximum atomic E-state index is 12.3. The number of hydrogen-bond acceptors (Lipinski definition) is 4. The number of nitriles is 1. The van der Waals surface area contributed by atoms with Gasteiger partial charge >= 0.3 is 6.09 Å². The predicted molar refractivity (Wildman–Crippen MR) is 124 cm³/mol. The van der Waals surface area contributed by atoms with Crippen LogP contribution in [0.4, 0.5) is 4.79 Å². The molecule has 3 aromatic rings. The molecule has 3 aromatic carbocycles. The summed E-state index contributed by atoms with van der Waals surface area (Å²) in [5.74, 6) is 0.779. The van der Waals surface area contributed by atoms with Crippen molar-refractivity contribution < 1.29 is 14.3 Å². The highest BCUT2D eigenvalue weighted by atomic mass is 16.6. The molecule has 0 saturated carbocycles. The molecule has 0 saturated heterocycles. The lowest BCUT2D eigenvalue weighted by Crippen LogP contribution is -2.36. The summed E-state index contributed by atoms with van der Waals surface area (Å²) >= 11 is 0. The second-order valence-corrected chi connectivity index (χ2v) is 9.25. The van der Waals surface area contributed by atoms with Crippen molar-refractivity contribution in [3.8, 4) is 11.8 Å². The zero-order chi connectivity index (χ0) is 22.7. The molecule has 1 aliphatic rings. The molecule has 0 fully saturated rings. The van der Waals surface area contributed by atoms with Gasteiger partial charge in [0.1, 0.15) is 18.0 Å². The minimum Gasteiger partial charge on any atom is -0.489 e. The van der Waals surface area contributed by atoms with E-state index >= 15 is 0 Å². The molecule has 164 valence electrons. The molecule has 1 aliphatic carbocycles. The molecule has 0 heterocycles. The Morgan fingerprint density at radius 2 is 1.88 bits per heavy atom. The van der Waals surface area contributed by atoms with Gasteiger partial charge in [0, 0.05) is 0 Å². The average molecular weight is 429 g/mol. The van der Waals surface area contributed by atoms with Gasteiger partial charge in [-0.15, -0.1) is 0 Å². The highest BCUT2D eigenvalue weighted by Crippen LogP contribution is 2.33. The molecular formula is C27H28N2O3. The second kappa shape index (κ2) is 8.92. The topological polar surface area (TPSA) is 71.3 Å². The Hall–Kier alpha value is -3.52. The summed E-state index contributed by atoms with van der Waals surface area (Å²) in [7, 11) is 0. The number of nitrogens with zero attached hydrogens (tertiary/aromatic N) is 1. The van der Waals surface area contributed by atoms with E-state index in [0.717, 1.165) is 46.9 Å². The molecule has 1 N–H and O–H groups in total. The van der Waals surface area contributed by atoms with Crippen molar-refractivity contribution in [2.75, 3.05) is 0 Å². The molecule has 0 bridgehead atoms. The molecule has 1 amide bonds. The van der Waals surface area contributed by atoms with Gasteiger partial charge in [0.2, 0.25) is 0 Å². The van der Waals surface area contributed by atoms with Gasteiger partial charge in [0.25, 0.3) is 0 Å². The SMILES string of the molecule is CC(C)(C)OC(=O)NC1CCCc2ccc(OCc3ccc4cc(C#N)ccc4c3)cc21. The zero-order valence-electron chi connectivity index (χ0n) is 18.8. The summed E-state index contributed by atoms with van der Waals surface area (Å²) in [5.41, 5.74) is 3.53. The van der Waals surface area contributed by atoms with Gasteiger partial charge in [0.15, 0.2) is 0 Å². The summed E-state index contributed by atoms with van der Waals surface area (Å²) in [5, 5.41) is 14.2. The van der Waals surface area contributed by atoms with E-state index < -0.39 is 11.7 Å².